The van der Waals surface area contributed by atoms with Gasteiger partial charge in [-0.15, -0.1) is 0 Å². The molecule has 2 rings (SSSR count). The maximum atomic E-state index is 8.92. The van der Waals surface area contributed by atoms with E-state index in [-0.39, 0.29) is 0 Å². The fourth-order valence-electron chi connectivity index (χ4n) is 1.81. The summed E-state index contributed by atoms with van der Waals surface area (Å²) in [5.41, 5.74) is 2.95. The number of hydrogen-bond acceptors (Lipinski definition) is 2. The first kappa shape index (κ1) is 14.1. The van der Waals surface area contributed by atoms with E-state index in [9.17, 15) is 0 Å². The SMILES string of the molecule is CN(Cc1ccccc1Br)c1ccc(C#N)c(Br)c1. The van der Waals surface area contributed by atoms with Gasteiger partial charge in [-0.25, -0.2) is 0 Å². The summed E-state index contributed by atoms with van der Waals surface area (Å²) in [5.74, 6) is 0. The summed E-state index contributed by atoms with van der Waals surface area (Å²) in [4.78, 5) is 2.14. The summed E-state index contributed by atoms with van der Waals surface area (Å²) in [6, 6.07) is 16.1. The van der Waals surface area contributed by atoms with Crippen LogP contribution in [0.15, 0.2) is 51.4 Å². The standard InChI is InChI=1S/C15H12Br2N2/c1-19(10-12-4-2-3-5-14(12)16)13-7-6-11(9-18)15(17)8-13/h2-8H,10H2,1H3. The molecule has 4 heteroatoms. The van der Waals surface area contributed by atoms with Crippen molar-refractivity contribution < 1.29 is 0 Å². The zero-order chi connectivity index (χ0) is 13.8. The summed E-state index contributed by atoms with van der Waals surface area (Å²) in [6.07, 6.45) is 0. The number of nitriles is 1. The first-order valence-corrected chi connectivity index (χ1v) is 7.34. The van der Waals surface area contributed by atoms with E-state index < -0.39 is 0 Å². The van der Waals surface area contributed by atoms with Gasteiger partial charge in [0.05, 0.1) is 5.56 Å². The number of halogens is 2. The topological polar surface area (TPSA) is 27.0 Å². The van der Waals surface area contributed by atoms with E-state index in [0.717, 1.165) is 21.2 Å². The van der Waals surface area contributed by atoms with Crippen molar-refractivity contribution in [3.63, 3.8) is 0 Å². The quantitative estimate of drug-likeness (QED) is 0.771. The van der Waals surface area contributed by atoms with Gasteiger partial charge in [0.2, 0.25) is 0 Å². The van der Waals surface area contributed by atoms with Crippen LogP contribution in [0, 0.1) is 11.3 Å². The highest BCUT2D eigenvalue weighted by Crippen LogP contribution is 2.25. The van der Waals surface area contributed by atoms with Crippen molar-refractivity contribution in [2.45, 2.75) is 6.54 Å². The maximum absolute atomic E-state index is 8.92. The van der Waals surface area contributed by atoms with Gasteiger partial charge in [0, 0.05) is 28.2 Å². The van der Waals surface area contributed by atoms with Gasteiger partial charge < -0.3 is 4.90 Å². The zero-order valence-electron chi connectivity index (χ0n) is 10.4. The van der Waals surface area contributed by atoms with Gasteiger partial charge in [-0.05, 0) is 45.8 Å². The minimum atomic E-state index is 0.651. The van der Waals surface area contributed by atoms with Crippen LogP contribution in [0.25, 0.3) is 0 Å². The average molecular weight is 380 g/mol. The first-order chi connectivity index (χ1) is 9.11. The largest absolute Gasteiger partial charge is 0.370 e. The molecule has 2 nitrogen and oxygen atoms in total. The molecule has 0 radical (unpaired) electrons. The Bertz CT molecular complexity index is 632. The lowest BCUT2D eigenvalue weighted by atomic mass is 10.2. The van der Waals surface area contributed by atoms with Gasteiger partial charge in [-0.1, -0.05) is 34.1 Å². The van der Waals surface area contributed by atoms with Crippen LogP contribution in [0.2, 0.25) is 0 Å². The molecule has 0 N–H and O–H groups in total. The molecule has 0 aliphatic carbocycles. The van der Waals surface area contributed by atoms with E-state index in [1.54, 1.807) is 0 Å². The van der Waals surface area contributed by atoms with Crippen LogP contribution in [0.3, 0.4) is 0 Å². The van der Waals surface area contributed by atoms with Crippen molar-refractivity contribution in [3.05, 3.63) is 62.5 Å². The van der Waals surface area contributed by atoms with E-state index >= 15 is 0 Å². The zero-order valence-corrected chi connectivity index (χ0v) is 13.6. The van der Waals surface area contributed by atoms with Crippen molar-refractivity contribution in [1.29, 1.82) is 5.26 Å². The van der Waals surface area contributed by atoms with Gasteiger partial charge in [-0.3, -0.25) is 0 Å². The molecule has 0 unspecified atom stereocenters. The molecule has 96 valence electrons. The Morgan fingerprint density at radius 1 is 1.11 bits per heavy atom. The normalized spacial score (nSPS) is 10.0. The lowest BCUT2D eigenvalue weighted by Gasteiger charge is -2.20. The lowest BCUT2D eigenvalue weighted by Crippen LogP contribution is -2.16. The van der Waals surface area contributed by atoms with E-state index in [1.807, 2.05) is 43.4 Å². The minimum Gasteiger partial charge on any atom is -0.370 e. The molecule has 19 heavy (non-hydrogen) atoms. The molecule has 0 bridgehead atoms. The second-order valence-electron chi connectivity index (χ2n) is 4.22. The Morgan fingerprint density at radius 2 is 1.84 bits per heavy atom. The number of nitrogens with zero attached hydrogens (tertiary/aromatic N) is 2. The first-order valence-electron chi connectivity index (χ1n) is 5.76. The van der Waals surface area contributed by atoms with Crippen LogP contribution >= 0.6 is 31.9 Å². The van der Waals surface area contributed by atoms with Crippen LogP contribution < -0.4 is 4.90 Å². The van der Waals surface area contributed by atoms with Gasteiger partial charge in [0.25, 0.3) is 0 Å². The third kappa shape index (κ3) is 3.37. The molecule has 2 aromatic carbocycles. The molecule has 0 fully saturated rings. The average Bonchev–Trinajstić information content (AvgIpc) is 2.41. The predicted molar refractivity (Wildman–Crippen MR) is 85.1 cm³/mol. The number of hydrogen-bond donors (Lipinski definition) is 0. The lowest BCUT2D eigenvalue weighted by molar-refractivity contribution is 0.918. The molecular weight excluding hydrogens is 368 g/mol. The summed E-state index contributed by atoms with van der Waals surface area (Å²) < 4.78 is 1.93. The van der Waals surface area contributed by atoms with Crippen molar-refractivity contribution in [2.75, 3.05) is 11.9 Å². The summed E-state index contributed by atoms with van der Waals surface area (Å²) in [6.45, 7) is 0.805. The Labute approximate surface area is 129 Å². The molecule has 0 spiro atoms. The Balaban J connectivity index is 2.21. The van der Waals surface area contributed by atoms with Crippen molar-refractivity contribution in [2.24, 2.45) is 0 Å². The molecule has 0 amide bonds. The second-order valence-corrected chi connectivity index (χ2v) is 5.93. The highest BCUT2D eigenvalue weighted by atomic mass is 79.9. The third-order valence-electron chi connectivity index (χ3n) is 2.88. The molecule has 0 aromatic heterocycles. The summed E-state index contributed by atoms with van der Waals surface area (Å²) >= 11 is 6.97. The van der Waals surface area contributed by atoms with Crippen LogP contribution in [0.1, 0.15) is 11.1 Å². The molecule has 0 saturated heterocycles. The Morgan fingerprint density at radius 3 is 2.47 bits per heavy atom. The van der Waals surface area contributed by atoms with Crippen molar-refractivity contribution >= 4 is 37.5 Å². The number of rotatable bonds is 3. The minimum absolute atomic E-state index is 0.651. The predicted octanol–water partition coefficient (Wildman–Crippen LogP) is 4.72. The van der Waals surface area contributed by atoms with Gasteiger partial charge in [0.15, 0.2) is 0 Å². The van der Waals surface area contributed by atoms with Crippen LogP contribution in [-0.4, -0.2) is 7.05 Å². The fourth-order valence-corrected chi connectivity index (χ4v) is 2.67. The molecule has 2 aromatic rings. The van der Waals surface area contributed by atoms with Crippen LogP contribution in [-0.2, 0) is 6.54 Å². The van der Waals surface area contributed by atoms with Gasteiger partial charge in [0.1, 0.15) is 6.07 Å². The van der Waals surface area contributed by atoms with Crippen LogP contribution in [0.5, 0.6) is 0 Å². The van der Waals surface area contributed by atoms with E-state index in [1.165, 1.54) is 5.56 Å². The Hall–Kier alpha value is -1.31. The summed E-state index contributed by atoms with van der Waals surface area (Å²) in [5, 5.41) is 8.92. The molecule has 0 atom stereocenters. The maximum Gasteiger partial charge on any atom is 0.100 e. The van der Waals surface area contributed by atoms with E-state index in [4.69, 9.17) is 5.26 Å². The molecule has 0 aliphatic heterocycles. The smallest absolute Gasteiger partial charge is 0.100 e. The third-order valence-corrected chi connectivity index (χ3v) is 4.31. The van der Waals surface area contributed by atoms with Gasteiger partial charge >= 0.3 is 0 Å². The van der Waals surface area contributed by atoms with E-state index in [2.05, 4.69) is 48.9 Å². The Kier molecular flexibility index (Phi) is 4.62. The van der Waals surface area contributed by atoms with Crippen molar-refractivity contribution in [1.82, 2.24) is 0 Å². The van der Waals surface area contributed by atoms with Crippen molar-refractivity contribution in [3.8, 4) is 6.07 Å². The summed E-state index contributed by atoms with van der Waals surface area (Å²) in [7, 11) is 2.03. The highest BCUT2D eigenvalue weighted by molar-refractivity contribution is 9.10. The second kappa shape index (κ2) is 6.23. The highest BCUT2D eigenvalue weighted by Gasteiger charge is 2.07. The number of anilines is 1. The monoisotopic (exact) mass is 378 g/mol. The van der Waals surface area contributed by atoms with E-state index in [0.29, 0.717) is 5.56 Å². The molecule has 0 saturated carbocycles. The fraction of sp³-hybridized carbons (Fsp3) is 0.133. The van der Waals surface area contributed by atoms with Crippen LogP contribution in [0.4, 0.5) is 5.69 Å². The molecular formula is C15H12Br2N2. The number of benzene rings is 2. The van der Waals surface area contributed by atoms with Gasteiger partial charge in [-0.2, -0.15) is 5.26 Å². The molecule has 0 aliphatic rings. The molecule has 0 heterocycles.